The van der Waals surface area contributed by atoms with Crippen molar-refractivity contribution in [2.75, 3.05) is 26.9 Å². The molecule has 4 nitrogen and oxygen atoms in total. The molecular weight excluding hydrogens is 374 g/mol. The number of nitrogens with one attached hydrogen (secondary N) is 1. The van der Waals surface area contributed by atoms with Crippen LogP contribution < -0.4 is 19.5 Å². The third kappa shape index (κ3) is 4.60. The average molecular weight is 404 g/mol. The van der Waals surface area contributed by atoms with Gasteiger partial charge in [-0.2, -0.15) is 0 Å². The van der Waals surface area contributed by atoms with Gasteiger partial charge in [0.1, 0.15) is 5.75 Å². The summed E-state index contributed by atoms with van der Waals surface area (Å²) in [5, 5.41) is 3.64. The Morgan fingerprint density at radius 2 is 1.80 bits per heavy atom. The number of hydrogen-bond acceptors (Lipinski definition) is 4. The zero-order valence-corrected chi connectivity index (χ0v) is 17.7. The molecule has 0 saturated carbocycles. The molecule has 0 fully saturated rings. The second-order valence-corrected chi connectivity index (χ2v) is 7.43. The van der Waals surface area contributed by atoms with Crippen LogP contribution >= 0.6 is 0 Å². The molecule has 30 heavy (non-hydrogen) atoms. The number of methoxy groups -OCH3 is 1. The summed E-state index contributed by atoms with van der Waals surface area (Å²) in [4.78, 5) is 0. The van der Waals surface area contributed by atoms with E-state index in [2.05, 4.69) is 59.9 Å². The van der Waals surface area contributed by atoms with E-state index in [9.17, 15) is 0 Å². The number of ether oxygens (including phenoxy) is 3. The maximum absolute atomic E-state index is 6.02. The Labute approximate surface area is 178 Å². The molecule has 3 aromatic carbocycles. The molecule has 0 bridgehead atoms. The highest BCUT2D eigenvalue weighted by Gasteiger charge is 2.23. The Balaban J connectivity index is 1.50. The van der Waals surface area contributed by atoms with Crippen molar-refractivity contribution in [3.63, 3.8) is 0 Å². The first-order valence-electron chi connectivity index (χ1n) is 10.6. The van der Waals surface area contributed by atoms with Crippen molar-refractivity contribution in [1.29, 1.82) is 0 Å². The molecule has 4 heteroatoms. The highest BCUT2D eigenvalue weighted by atomic mass is 16.5. The van der Waals surface area contributed by atoms with Crippen LogP contribution in [0.25, 0.3) is 0 Å². The van der Waals surface area contributed by atoms with E-state index in [1.165, 1.54) is 22.3 Å². The monoisotopic (exact) mass is 403 g/mol. The first-order chi connectivity index (χ1) is 14.8. The van der Waals surface area contributed by atoms with Crippen molar-refractivity contribution >= 4 is 0 Å². The van der Waals surface area contributed by atoms with Gasteiger partial charge in [0.15, 0.2) is 11.5 Å². The molecule has 1 N–H and O–H groups in total. The lowest BCUT2D eigenvalue weighted by Gasteiger charge is -2.28. The summed E-state index contributed by atoms with van der Waals surface area (Å²) in [5.74, 6) is 2.48. The van der Waals surface area contributed by atoms with Gasteiger partial charge < -0.3 is 19.5 Å². The predicted octanol–water partition coefficient (Wildman–Crippen LogP) is 4.95. The summed E-state index contributed by atoms with van der Waals surface area (Å²) in [6.45, 7) is 4.25. The maximum atomic E-state index is 6.02. The second kappa shape index (κ2) is 9.68. The number of fused-ring (bicyclic) bond motifs is 1. The molecule has 0 radical (unpaired) electrons. The van der Waals surface area contributed by atoms with Gasteiger partial charge in [-0.15, -0.1) is 0 Å². The Hall–Kier alpha value is -2.98. The van der Waals surface area contributed by atoms with E-state index in [1.807, 2.05) is 19.1 Å². The molecule has 1 unspecified atom stereocenters. The van der Waals surface area contributed by atoms with Gasteiger partial charge in [0.05, 0.1) is 26.4 Å². The molecule has 1 heterocycles. The Bertz CT molecular complexity index is 971. The van der Waals surface area contributed by atoms with Crippen LogP contribution in [-0.4, -0.2) is 26.9 Å². The summed E-state index contributed by atoms with van der Waals surface area (Å²) >= 11 is 0. The SMILES string of the molecule is CCOc1ccc2c(c1)CCNC2c1ccc(OCCc2ccccc2)c(OC)c1. The molecule has 0 aliphatic carbocycles. The lowest BCUT2D eigenvalue weighted by atomic mass is 9.89. The highest BCUT2D eigenvalue weighted by molar-refractivity contribution is 5.49. The predicted molar refractivity (Wildman–Crippen MR) is 120 cm³/mol. The fourth-order valence-corrected chi connectivity index (χ4v) is 4.00. The van der Waals surface area contributed by atoms with Crippen molar-refractivity contribution in [2.24, 2.45) is 0 Å². The zero-order chi connectivity index (χ0) is 20.8. The molecule has 0 amide bonds. The summed E-state index contributed by atoms with van der Waals surface area (Å²) in [5.41, 5.74) is 5.08. The molecule has 1 atom stereocenters. The molecule has 1 aliphatic heterocycles. The highest BCUT2D eigenvalue weighted by Crippen LogP contribution is 2.36. The van der Waals surface area contributed by atoms with Gasteiger partial charge in [-0.3, -0.25) is 0 Å². The largest absolute Gasteiger partial charge is 0.494 e. The second-order valence-electron chi connectivity index (χ2n) is 7.43. The van der Waals surface area contributed by atoms with E-state index in [4.69, 9.17) is 14.2 Å². The van der Waals surface area contributed by atoms with Crippen LogP contribution in [0.3, 0.4) is 0 Å². The van der Waals surface area contributed by atoms with E-state index in [0.717, 1.165) is 36.6 Å². The van der Waals surface area contributed by atoms with Gasteiger partial charge in [0.2, 0.25) is 0 Å². The first kappa shape index (κ1) is 20.3. The van der Waals surface area contributed by atoms with Crippen LogP contribution in [0.5, 0.6) is 17.2 Å². The maximum Gasteiger partial charge on any atom is 0.161 e. The van der Waals surface area contributed by atoms with Crippen molar-refractivity contribution in [1.82, 2.24) is 5.32 Å². The van der Waals surface area contributed by atoms with Gasteiger partial charge in [0.25, 0.3) is 0 Å². The van der Waals surface area contributed by atoms with Gasteiger partial charge >= 0.3 is 0 Å². The summed E-state index contributed by atoms with van der Waals surface area (Å²) in [6.07, 6.45) is 1.87. The van der Waals surface area contributed by atoms with Crippen molar-refractivity contribution in [3.8, 4) is 17.2 Å². The van der Waals surface area contributed by atoms with Crippen molar-refractivity contribution in [3.05, 3.63) is 89.0 Å². The fraction of sp³-hybridized carbons (Fsp3) is 0.308. The van der Waals surface area contributed by atoms with Crippen LogP contribution in [0.4, 0.5) is 0 Å². The Kier molecular flexibility index (Phi) is 6.55. The Morgan fingerprint density at radius 1 is 0.933 bits per heavy atom. The lowest BCUT2D eigenvalue weighted by Crippen LogP contribution is -2.30. The third-order valence-electron chi connectivity index (χ3n) is 5.49. The molecule has 3 aromatic rings. The van der Waals surface area contributed by atoms with Crippen LogP contribution in [0.2, 0.25) is 0 Å². The molecule has 0 spiro atoms. The van der Waals surface area contributed by atoms with Crippen molar-refractivity contribution in [2.45, 2.75) is 25.8 Å². The summed E-state index contributed by atoms with van der Waals surface area (Å²) < 4.78 is 17.3. The summed E-state index contributed by atoms with van der Waals surface area (Å²) in [7, 11) is 1.69. The molecule has 0 aromatic heterocycles. The standard InChI is InChI=1S/C26H29NO3/c1-3-29-22-10-11-23-20(17-22)13-15-27-26(23)21-9-12-24(25(18-21)28-2)30-16-14-19-7-5-4-6-8-19/h4-12,17-18,26-27H,3,13-16H2,1-2H3. The average Bonchev–Trinajstić information content (AvgIpc) is 2.79. The minimum Gasteiger partial charge on any atom is -0.494 e. The molecule has 4 rings (SSSR count). The molecule has 1 aliphatic rings. The van der Waals surface area contributed by atoms with E-state index >= 15 is 0 Å². The summed E-state index contributed by atoms with van der Waals surface area (Å²) in [6, 6.07) is 23.1. The smallest absolute Gasteiger partial charge is 0.161 e. The quantitative estimate of drug-likeness (QED) is 0.578. The number of rotatable bonds is 8. The number of benzene rings is 3. The Morgan fingerprint density at radius 3 is 2.60 bits per heavy atom. The van der Waals surface area contributed by atoms with Gasteiger partial charge in [-0.1, -0.05) is 42.5 Å². The van der Waals surface area contributed by atoms with E-state index in [0.29, 0.717) is 13.2 Å². The zero-order valence-electron chi connectivity index (χ0n) is 17.7. The fourth-order valence-electron chi connectivity index (χ4n) is 4.00. The third-order valence-corrected chi connectivity index (χ3v) is 5.49. The molecule has 0 saturated heterocycles. The van der Waals surface area contributed by atoms with Crippen molar-refractivity contribution < 1.29 is 14.2 Å². The molecular formula is C26H29NO3. The van der Waals surface area contributed by atoms with Crippen LogP contribution in [0, 0.1) is 0 Å². The van der Waals surface area contributed by atoms with Gasteiger partial charge in [-0.05, 0) is 59.9 Å². The normalized spacial score (nSPS) is 15.3. The van der Waals surface area contributed by atoms with Gasteiger partial charge in [-0.25, -0.2) is 0 Å². The molecule has 156 valence electrons. The van der Waals surface area contributed by atoms with Crippen LogP contribution in [0.1, 0.15) is 35.2 Å². The van der Waals surface area contributed by atoms with Crippen LogP contribution in [-0.2, 0) is 12.8 Å². The minimum atomic E-state index is 0.136. The minimum absolute atomic E-state index is 0.136. The van der Waals surface area contributed by atoms with E-state index in [-0.39, 0.29) is 6.04 Å². The first-order valence-corrected chi connectivity index (χ1v) is 10.6. The number of hydrogen-bond donors (Lipinski definition) is 1. The van der Waals surface area contributed by atoms with Crippen LogP contribution in [0.15, 0.2) is 66.7 Å². The topological polar surface area (TPSA) is 39.7 Å². The van der Waals surface area contributed by atoms with Gasteiger partial charge in [0, 0.05) is 13.0 Å². The van der Waals surface area contributed by atoms with E-state index in [1.54, 1.807) is 7.11 Å². The van der Waals surface area contributed by atoms with E-state index < -0.39 is 0 Å². The lowest BCUT2D eigenvalue weighted by molar-refractivity contribution is 0.297.